The number of azide groups is 1. The fourth-order valence-electron chi connectivity index (χ4n) is 5.87. The summed E-state index contributed by atoms with van der Waals surface area (Å²) in [4.78, 5) is 43.3. The molecule has 0 aromatic heterocycles. The van der Waals surface area contributed by atoms with Gasteiger partial charge in [-0.05, 0) is 74.5 Å². The average Bonchev–Trinajstić information content (AvgIpc) is 3.12. The summed E-state index contributed by atoms with van der Waals surface area (Å²) < 4.78 is 74.7. The van der Waals surface area contributed by atoms with Crippen LogP contribution in [0.3, 0.4) is 0 Å². The van der Waals surface area contributed by atoms with Crippen molar-refractivity contribution in [2.75, 3.05) is 38.7 Å². The molecule has 18 heteroatoms. The molecule has 1 aliphatic heterocycles. The second kappa shape index (κ2) is 18.9. The summed E-state index contributed by atoms with van der Waals surface area (Å²) in [5.41, 5.74) is 10.1. The van der Waals surface area contributed by atoms with Crippen molar-refractivity contribution in [2.45, 2.75) is 69.5 Å². The Bertz CT molecular complexity index is 1860. The minimum Gasteiger partial charge on any atom is -0.495 e. The Balaban J connectivity index is 1.53. The van der Waals surface area contributed by atoms with Gasteiger partial charge in [0.15, 0.2) is 0 Å². The van der Waals surface area contributed by atoms with Crippen LogP contribution in [0.1, 0.15) is 49.8 Å². The number of methoxy groups -OCH3 is 1. The zero-order valence-electron chi connectivity index (χ0n) is 30.4. The monoisotopic (exact) mass is 792 g/mol. The lowest BCUT2D eigenvalue weighted by Gasteiger charge is -2.39. The van der Waals surface area contributed by atoms with E-state index in [0.717, 1.165) is 0 Å². The van der Waals surface area contributed by atoms with Gasteiger partial charge in [-0.15, -0.1) is 0 Å². The first kappa shape index (κ1) is 42.5. The van der Waals surface area contributed by atoms with Gasteiger partial charge in [-0.3, -0.25) is 9.69 Å². The molecule has 13 nitrogen and oxygen atoms in total. The molecule has 3 amide bonds. The van der Waals surface area contributed by atoms with Crippen molar-refractivity contribution in [3.8, 4) is 5.75 Å². The van der Waals surface area contributed by atoms with Crippen LogP contribution >= 0.6 is 11.6 Å². The minimum absolute atomic E-state index is 0.0124. The van der Waals surface area contributed by atoms with Crippen molar-refractivity contribution in [3.05, 3.63) is 105 Å². The fraction of sp³-hybridized carbons (Fsp3) is 0.432. The topological polar surface area (TPSA) is 164 Å². The third-order valence-corrected chi connectivity index (χ3v) is 8.68. The van der Waals surface area contributed by atoms with E-state index in [1.54, 1.807) is 74.6 Å². The second-order valence-electron chi connectivity index (χ2n) is 13.5. The number of anilines is 1. The van der Waals surface area contributed by atoms with Gasteiger partial charge >= 0.3 is 18.4 Å². The highest BCUT2D eigenvalue weighted by atomic mass is 35.5. The second-order valence-corrected chi connectivity index (χ2v) is 13.9. The van der Waals surface area contributed by atoms with Gasteiger partial charge in [-0.1, -0.05) is 59.2 Å². The van der Waals surface area contributed by atoms with Crippen molar-refractivity contribution >= 4 is 35.4 Å². The first-order valence-corrected chi connectivity index (χ1v) is 17.5. The third-order valence-electron chi connectivity index (χ3n) is 8.38. The van der Waals surface area contributed by atoms with Gasteiger partial charge in [-0.25, -0.2) is 14.0 Å². The number of benzene rings is 3. The van der Waals surface area contributed by atoms with E-state index >= 15 is 4.39 Å². The van der Waals surface area contributed by atoms with Gasteiger partial charge in [-0.2, -0.15) is 13.2 Å². The van der Waals surface area contributed by atoms with E-state index in [9.17, 15) is 33.1 Å². The van der Waals surface area contributed by atoms with Gasteiger partial charge in [0.25, 0.3) is 0 Å². The van der Waals surface area contributed by atoms with Crippen LogP contribution in [-0.4, -0.2) is 86.4 Å². The summed E-state index contributed by atoms with van der Waals surface area (Å²) in [6.07, 6.45) is -7.29. The van der Waals surface area contributed by atoms with Crippen molar-refractivity contribution in [3.63, 3.8) is 0 Å². The van der Waals surface area contributed by atoms with Gasteiger partial charge < -0.3 is 29.6 Å². The smallest absolute Gasteiger partial charge is 0.410 e. The van der Waals surface area contributed by atoms with Crippen LogP contribution in [0.4, 0.5) is 32.8 Å². The molecule has 4 atom stereocenters. The summed E-state index contributed by atoms with van der Waals surface area (Å²) in [6, 6.07) is 15.7. The van der Waals surface area contributed by atoms with Crippen LogP contribution in [-0.2, 0) is 25.4 Å². The van der Waals surface area contributed by atoms with Crippen LogP contribution in [0.5, 0.6) is 5.75 Å². The van der Waals surface area contributed by atoms with Crippen molar-refractivity contribution < 1.29 is 50.9 Å². The number of nitrogens with zero attached hydrogens (tertiary/aromatic N) is 4. The highest BCUT2D eigenvalue weighted by molar-refractivity contribution is 6.32. The quantitative estimate of drug-likeness (QED) is 0.0763. The van der Waals surface area contributed by atoms with Gasteiger partial charge in [0.2, 0.25) is 5.91 Å². The maximum Gasteiger partial charge on any atom is 0.410 e. The third kappa shape index (κ3) is 12.4. The molecule has 0 aliphatic carbocycles. The summed E-state index contributed by atoms with van der Waals surface area (Å²) in [7, 11) is 1.46. The van der Waals surface area contributed by atoms with Gasteiger partial charge in [0.05, 0.1) is 37.4 Å². The lowest BCUT2D eigenvalue weighted by Crippen LogP contribution is -2.55. The Labute approximate surface area is 319 Å². The SMILES string of the molecule is COc1ccc([C@@H](c2ccccc2)C(N=[N+]=[N-])C(=O)Nc2cccc(F)c2CC[C@@H]2CN(C(=O)OC(C)(C)C)[C@H](COC(=O)NCC(F)(F)F)CO2)cc1Cl. The molecule has 1 unspecified atom stereocenters. The van der Waals surface area contributed by atoms with E-state index in [0.29, 0.717) is 16.9 Å². The summed E-state index contributed by atoms with van der Waals surface area (Å²) in [5, 5.41) is 8.47. The number of alkyl carbamates (subject to hydrolysis) is 1. The fourth-order valence-corrected chi connectivity index (χ4v) is 6.14. The molecule has 0 radical (unpaired) electrons. The van der Waals surface area contributed by atoms with E-state index in [2.05, 4.69) is 15.3 Å². The van der Waals surface area contributed by atoms with Gasteiger partial charge in [0, 0.05) is 22.1 Å². The summed E-state index contributed by atoms with van der Waals surface area (Å²) >= 11 is 6.44. The lowest BCUT2D eigenvalue weighted by atomic mass is 9.84. The molecule has 0 spiro atoms. The minimum atomic E-state index is -4.65. The molecule has 1 heterocycles. The van der Waals surface area contributed by atoms with Crippen molar-refractivity contribution in [2.24, 2.45) is 5.11 Å². The number of rotatable bonds is 13. The van der Waals surface area contributed by atoms with Crippen LogP contribution in [0.15, 0.2) is 71.8 Å². The Kier molecular flexibility index (Phi) is 14.6. The van der Waals surface area contributed by atoms with Crippen LogP contribution in [0.2, 0.25) is 5.02 Å². The van der Waals surface area contributed by atoms with Crippen LogP contribution in [0, 0.1) is 5.82 Å². The van der Waals surface area contributed by atoms with E-state index in [1.807, 2.05) is 0 Å². The molecule has 0 saturated carbocycles. The van der Waals surface area contributed by atoms with E-state index in [1.165, 1.54) is 30.2 Å². The molecule has 1 aliphatic rings. The zero-order valence-corrected chi connectivity index (χ0v) is 31.2. The Morgan fingerprint density at radius 3 is 2.44 bits per heavy atom. The van der Waals surface area contributed by atoms with Crippen molar-refractivity contribution in [1.29, 1.82) is 0 Å². The zero-order chi connectivity index (χ0) is 40.3. The average molecular weight is 793 g/mol. The standard InChI is InChI=1S/C37H41ClF4N6O7/c1-36(2,3)55-35(51)48-18-25(53-19-24(48)20-54-34(50)44-21-37(40,41)42)14-15-26-28(39)11-8-12-29(26)45-33(49)32(46-47-43)31(22-9-6-5-7-10-22)23-13-16-30(52-4)27(38)17-23/h5-13,16-17,24-25,31-32H,14-15,18-21H2,1-4H3,(H,44,50)(H,45,49)/t24-,25+,31+,32?/m0/s1. The number of ether oxygens (including phenoxy) is 4. The van der Waals surface area contributed by atoms with Crippen LogP contribution in [0.25, 0.3) is 10.4 Å². The lowest BCUT2D eigenvalue weighted by molar-refractivity contribution is -0.124. The Morgan fingerprint density at radius 2 is 1.80 bits per heavy atom. The number of hydrogen-bond donors (Lipinski definition) is 2. The normalized spacial score (nSPS) is 16.9. The highest BCUT2D eigenvalue weighted by Crippen LogP contribution is 2.36. The molecule has 3 aromatic carbocycles. The maximum absolute atomic E-state index is 15.5. The molecule has 2 N–H and O–H groups in total. The highest BCUT2D eigenvalue weighted by Gasteiger charge is 2.37. The summed E-state index contributed by atoms with van der Waals surface area (Å²) in [6.45, 7) is 2.58. The molecule has 296 valence electrons. The number of nitrogens with one attached hydrogen (secondary N) is 2. The number of alkyl halides is 3. The maximum atomic E-state index is 15.5. The molecule has 1 saturated heterocycles. The number of hydrogen-bond acceptors (Lipinski definition) is 8. The Hall–Kier alpha value is -5.25. The molecule has 3 aromatic rings. The number of carbonyl (C=O) groups is 3. The largest absolute Gasteiger partial charge is 0.495 e. The predicted molar refractivity (Wildman–Crippen MR) is 194 cm³/mol. The molecule has 1 fully saturated rings. The number of amides is 3. The first-order chi connectivity index (χ1) is 26.0. The number of halogens is 5. The number of morpholine rings is 1. The van der Waals surface area contributed by atoms with E-state index in [-0.39, 0.29) is 42.3 Å². The molecule has 55 heavy (non-hydrogen) atoms. The Morgan fingerprint density at radius 1 is 1.07 bits per heavy atom. The predicted octanol–water partition coefficient (Wildman–Crippen LogP) is 8.16. The number of carbonyl (C=O) groups excluding carboxylic acids is 3. The van der Waals surface area contributed by atoms with E-state index in [4.69, 9.17) is 30.5 Å². The van der Waals surface area contributed by atoms with Gasteiger partial charge in [0.1, 0.15) is 36.4 Å². The first-order valence-electron chi connectivity index (χ1n) is 17.1. The molecular weight excluding hydrogens is 752 g/mol. The van der Waals surface area contributed by atoms with Crippen LogP contribution < -0.4 is 15.4 Å². The molecule has 4 rings (SSSR count). The molecular formula is C37H41ClF4N6O7. The van der Waals surface area contributed by atoms with Crippen molar-refractivity contribution in [1.82, 2.24) is 10.2 Å². The molecule has 0 bridgehead atoms. The van der Waals surface area contributed by atoms with E-state index < -0.39 is 72.9 Å². The summed E-state index contributed by atoms with van der Waals surface area (Å²) in [5.74, 6) is -1.77.